The molecule has 1 amide bonds. The van der Waals surface area contributed by atoms with E-state index in [4.69, 9.17) is 4.74 Å². The lowest BCUT2D eigenvalue weighted by molar-refractivity contribution is -0.133. The minimum atomic E-state index is 0.315. The molecule has 0 saturated carbocycles. The molecule has 0 aliphatic carbocycles. The zero-order valence-corrected chi connectivity index (χ0v) is 17.0. The predicted octanol–water partition coefficient (Wildman–Crippen LogP) is 4.63. The van der Waals surface area contributed by atoms with Gasteiger partial charge in [-0.25, -0.2) is 0 Å². The van der Waals surface area contributed by atoms with E-state index in [0.717, 1.165) is 74.1 Å². The smallest absolute Gasteiger partial charge is 0.222 e. The molecule has 0 radical (unpaired) electrons. The molecule has 0 aromatic heterocycles. The quantitative estimate of drug-likeness (QED) is 0.555. The van der Waals surface area contributed by atoms with Gasteiger partial charge in [-0.05, 0) is 68.1 Å². The van der Waals surface area contributed by atoms with E-state index < -0.39 is 0 Å². The van der Waals surface area contributed by atoms with E-state index >= 15 is 0 Å². The summed E-state index contributed by atoms with van der Waals surface area (Å²) in [5, 5.41) is 0. The molecule has 1 aliphatic rings. The van der Waals surface area contributed by atoms with Gasteiger partial charge in [0.2, 0.25) is 5.91 Å². The third kappa shape index (κ3) is 6.74. The maximum absolute atomic E-state index is 11.8. The summed E-state index contributed by atoms with van der Waals surface area (Å²) >= 11 is 0. The van der Waals surface area contributed by atoms with Gasteiger partial charge in [-0.15, -0.1) is 0 Å². The highest BCUT2D eigenvalue weighted by Gasteiger charge is 2.16. The standard InChI is InChI=1S/C26H27NO2/c1-29-25-17-15-22(16-18-25)13-14-24-11-8-10-23(21-24)9-4-2-3-6-19-27-20-7-5-12-26(27)28/h8,10-11,15-18,21H,2-3,5-7,12,19-20H2,1H3. The fourth-order valence-electron chi connectivity index (χ4n) is 3.27. The second-order valence-electron chi connectivity index (χ2n) is 7.16. The average Bonchev–Trinajstić information content (AvgIpc) is 2.76. The molecule has 1 aliphatic heterocycles. The molecule has 1 heterocycles. The first-order valence-corrected chi connectivity index (χ1v) is 10.3. The van der Waals surface area contributed by atoms with E-state index in [1.54, 1.807) is 7.11 Å². The molecule has 0 bridgehead atoms. The van der Waals surface area contributed by atoms with Crippen molar-refractivity contribution < 1.29 is 9.53 Å². The number of amides is 1. The average molecular weight is 386 g/mol. The zero-order valence-electron chi connectivity index (χ0n) is 17.0. The van der Waals surface area contributed by atoms with E-state index in [2.05, 4.69) is 23.7 Å². The number of carbonyl (C=O) groups excluding carboxylic acids is 1. The van der Waals surface area contributed by atoms with Crippen molar-refractivity contribution in [3.8, 4) is 29.4 Å². The normalized spacial score (nSPS) is 13.1. The third-order valence-electron chi connectivity index (χ3n) is 4.94. The Hall–Kier alpha value is -3.17. The summed E-state index contributed by atoms with van der Waals surface area (Å²) in [7, 11) is 1.66. The maximum atomic E-state index is 11.8. The summed E-state index contributed by atoms with van der Waals surface area (Å²) in [5.74, 6) is 14.0. The van der Waals surface area contributed by atoms with Crippen molar-refractivity contribution in [2.75, 3.05) is 20.2 Å². The lowest BCUT2D eigenvalue weighted by Crippen LogP contribution is -2.35. The van der Waals surface area contributed by atoms with Gasteiger partial charge in [0.25, 0.3) is 0 Å². The van der Waals surface area contributed by atoms with Crippen molar-refractivity contribution in [2.45, 2.75) is 38.5 Å². The Labute approximate surface area is 174 Å². The molecular weight excluding hydrogens is 358 g/mol. The van der Waals surface area contributed by atoms with E-state index in [0.29, 0.717) is 5.91 Å². The largest absolute Gasteiger partial charge is 0.497 e. The lowest BCUT2D eigenvalue weighted by Gasteiger charge is -2.26. The van der Waals surface area contributed by atoms with Gasteiger partial charge in [0.15, 0.2) is 0 Å². The highest BCUT2D eigenvalue weighted by Crippen LogP contribution is 2.12. The molecule has 3 nitrogen and oxygen atoms in total. The molecule has 2 aromatic rings. The highest BCUT2D eigenvalue weighted by molar-refractivity contribution is 5.76. The van der Waals surface area contributed by atoms with Crippen molar-refractivity contribution >= 4 is 5.91 Å². The Kier molecular flexibility index (Phi) is 7.79. The molecule has 1 fully saturated rings. The minimum absolute atomic E-state index is 0.315. The van der Waals surface area contributed by atoms with Gasteiger partial charge < -0.3 is 9.64 Å². The first-order chi connectivity index (χ1) is 14.2. The van der Waals surface area contributed by atoms with Crippen LogP contribution in [0.15, 0.2) is 48.5 Å². The summed E-state index contributed by atoms with van der Waals surface area (Å²) in [6.45, 7) is 1.80. The molecule has 0 N–H and O–H groups in total. The first kappa shape index (κ1) is 20.6. The van der Waals surface area contributed by atoms with Gasteiger partial charge in [-0.2, -0.15) is 0 Å². The van der Waals surface area contributed by atoms with Crippen LogP contribution >= 0.6 is 0 Å². The highest BCUT2D eigenvalue weighted by atomic mass is 16.5. The number of carbonyl (C=O) groups is 1. The van der Waals surface area contributed by atoms with Crippen LogP contribution in [-0.2, 0) is 4.79 Å². The number of likely N-dealkylation sites (tertiary alicyclic amines) is 1. The summed E-state index contributed by atoms with van der Waals surface area (Å²) in [5.41, 5.74) is 2.89. The number of benzene rings is 2. The molecule has 0 spiro atoms. The molecular formula is C26H27NO2. The van der Waals surface area contributed by atoms with Crippen molar-refractivity contribution in [3.63, 3.8) is 0 Å². The Balaban J connectivity index is 1.47. The van der Waals surface area contributed by atoms with E-state index in [9.17, 15) is 4.79 Å². The molecule has 29 heavy (non-hydrogen) atoms. The van der Waals surface area contributed by atoms with Crippen molar-refractivity contribution in [1.29, 1.82) is 0 Å². The summed E-state index contributed by atoms with van der Waals surface area (Å²) < 4.78 is 5.16. The van der Waals surface area contributed by atoms with Gasteiger partial charge >= 0.3 is 0 Å². The van der Waals surface area contributed by atoms with Crippen LogP contribution in [0, 0.1) is 23.7 Å². The number of unbranched alkanes of at least 4 members (excludes halogenated alkanes) is 2. The summed E-state index contributed by atoms with van der Waals surface area (Å²) in [6.07, 6.45) is 5.80. The molecule has 3 rings (SSSR count). The van der Waals surface area contributed by atoms with E-state index in [1.807, 2.05) is 53.4 Å². The van der Waals surface area contributed by atoms with Crippen LogP contribution in [0.3, 0.4) is 0 Å². The summed E-state index contributed by atoms with van der Waals surface area (Å²) in [6, 6.07) is 15.7. The van der Waals surface area contributed by atoms with Gasteiger partial charge in [-0.1, -0.05) is 29.7 Å². The maximum Gasteiger partial charge on any atom is 0.222 e. The first-order valence-electron chi connectivity index (χ1n) is 10.3. The topological polar surface area (TPSA) is 29.5 Å². The van der Waals surface area contributed by atoms with Crippen LogP contribution < -0.4 is 4.74 Å². The number of rotatable bonds is 5. The van der Waals surface area contributed by atoms with Crippen molar-refractivity contribution in [1.82, 2.24) is 4.90 Å². The van der Waals surface area contributed by atoms with Gasteiger partial charge in [0, 0.05) is 42.6 Å². The second-order valence-corrected chi connectivity index (χ2v) is 7.16. The monoisotopic (exact) mass is 385 g/mol. The Morgan fingerprint density at radius 1 is 0.931 bits per heavy atom. The van der Waals surface area contributed by atoms with Gasteiger partial charge in [0.05, 0.1) is 7.11 Å². The van der Waals surface area contributed by atoms with Crippen molar-refractivity contribution in [2.24, 2.45) is 0 Å². The number of nitrogens with zero attached hydrogens (tertiary/aromatic N) is 1. The van der Waals surface area contributed by atoms with Crippen LogP contribution in [0.25, 0.3) is 0 Å². The predicted molar refractivity (Wildman–Crippen MR) is 117 cm³/mol. The number of methoxy groups -OCH3 is 1. The molecule has 0 unspecified atom stereocenters. The van der Waals surface area contributed by atoms with E-state index in [-0.39, 0.29) is 0 Å². The molecule has 1 saturated heterocycles. The Bertz CT molecular complexity index is 938. The van der Waals surface area contributed by atoms with Crippen LogP contribution in [0.1, 0.15) is 55.2 Å². The number of ether oxygens (including phenoxy) is 1. The zero-order chi connectivity index (χ0) is 20.3. The lowest BCUT2D eigenvalue weighted by atomic mass is 10.1. The van der Waals surface area contributed by atoms with Crippen LogP contribution in [0.5, 0.6) is 5.75 Å². The van der Waals surface area contributed by atoms with Gasteiger partial charge in [0.1, 0.15) is 5.75 Å². The van der Waals surface area contributed by atoms with Gasteiger partial charge in [-0.3, -0.25) is 4.79 Å². The fourth-order valence-corrected chi connectivity index (χ4v) is 3.27. The second kappa shape index (κ2) is 11.0. The number of hydrogen-bond acceptors (Lipinski definition) is 2. The van der Waals surface area contributed by atoms with Crippen LogP contribution in [0.2, 0.25) is 0 Å². The molecule has 2 aromatic carbocycles. The molecule has 3 heteroatoms. The third-order valence-corrected chi connectivity index (χ3v) is 4.94. The minimum Gasteiger partial charge on any atom is -0.497 e. The van der Waals surface area contributed by atoms with E-state index in [1.165, 1.54) is 0 Å². The SMILES string of the molecule is COc1ccc(C#Cc2cccc(C#CCCCCN3CCCCC3=O)c2)cc1. The van der Waals surface area contributed by atoms with Crippen LogP contribution in [0.4, 0.5) is 0 Å². The molecule has 148 valence electrons. The number of piperidine rings is 1. The fraction of sp³-hybridized carbons (Fsp3) is 0.346. The number of hydrogen-bond donors (Lipinski definition) is 0. The van der Waals surface area contributed by atoms with Crippen LogP contribution in [-0.4, -0.2) is 31.0 Å². The van der Waals surface area contributed by atoms with Crippen molar-refractivity contribution in [3.05, 3.63) is 65.2 Å². The summed E-state index contributed by atoms with van der Waals surface area (Å²) in [4.78, 5) is 13.8. The molecule has 0 atom stereocenters. The Morgan fingerprint density at radius 2 is 1.69 bits per heavy atom. The Morgan fingerprint density at radius 3 is 2.45 bits per heavy atom.